The number of nitrogens with two attached hydrogens (primary N) is 1. The molecule has 2 N–H and O–H groups in total. The lowest BCUT2D eigenvalue weighted by molar-refractivity contribution is 0.0107. The fourth-order valence-corrected chi connectivity index (χ4v) is 2.17. The first kappa shape index (κ1) is 11.6. The maximum Gasteiger partial charge on any atom is 0.410 e. The topological polar surface area (TPSA) is 55.6 Å². The number of carbonyl (C=O) groups is 1. The molecule has 2 aliphatic rings. The third-order valence-electron chi connectivity index (χ3n) is 3.26. The fourth-order valence-electron chi connectivity index (χ4n) is 2.17. The van der Waals surface area contributed by atoms with Gasteiger partial charge in [0.15, 0.2) is 0 Å². The Morgan fingerprint density at radius 3 is 2.62 bits per heavy atom. The zero-order chi connectivity index (χ0) is 12.1. The van der Waals surface area contributed by atoms with Crippen LogP contribution < -0.4 is 5.73 Å². The van der Waals surface area contributed by atoms with Crippen LogP contribution in [0.2, 0.25) is 0 Å². The van der Waals surface area contributed by atoms with Crippen molar-refractivity contribution in [1.82, 2.24) is 4.90 Å². The summed E-state index contributed by atoms with van der Waals surface area (Å²) in [5.41, 5.74) is 4.63. The Balaban J connectivity index is 1.95. The minimum atomic E-state index is -1.13. The van der Waals surface area contributed by atoms with Crippen molar-refractivity contribution in [3.05, 3.63) is 0 Å². The van der Waals surface area contributed by atoms with Gasteiger partial charge in [-0.25, -0.2) is 9.18 Å². The highest BCUT2D eigenvalue weighted by molar-refractivity contribution is 5.68. The van der Waals surface area contributed by atoms with Crippen LogP contribution in [0.3, 0.4) is 0 Å². The summed E-state index contributed by atoms with van der Waals surface area (Å²) >= 11 is 0. The van der Waals surface area contributed by atoms with E-state index in [4.69, 9.17) is 10.5 Å². The van der Waals surface area contributed by atoms with Crippen LogP contribution in [-0.2, 0) is 4.74 Å². The van der Waals surface area contributed by atoms with Gasteiger partial charge in [-0.2, -0.15) is 0 Å². The van der Waals surface area contributed by atoms with Gasteiger partial charge in [0, 0.05) is 6.54 Å². The van der Waals surface area contributed by atoms with Crippen LogP contribution in [0, 0.1) is 5.92 Å². The molecule has 16 heavy (non-hydrogen) atoms. The first-order chi connectivity index (χ1) is 7.22. The molecule has 2 fully saturated rings. The van der Waals surface area contributed by atoms with Crippen molar-refractivity contribution in [2.24, 2.45) is 11.7 Å². The van der Waals surface area contributed by atoms with Crippen molar-refractivity contribution < 1.29 is 13.9 Å². The molecule has 3 unspecified atom stereocenters. The molecule has 0 spiro atoms. The molecule has 1 saturated carbocycles. The van der Waals surface area contributed by atoms with E-state index >= 15 is 0 Å². The van der Waals surface area contributed by atoms with Crippen LogP contribution >= 0.6 is 0 Å². The third-order valence-corrected chi connectivity index (χ3v) is 3.26. The molecule has 0 radical (unpaired) electrons. The molecular formula is C11H19FN2O2. The number of piperidine rings is 1. The van der Waals surface area contributed by atoms with E-state index in [0.29, 0.717) is 13.0 Å². The minimum absolute atomic E-state index is 0.0575. The summed E-state index contributed by atoms with van der Waals surface area (Å²) in [6.07, 6.45) is -0.893. The number of alkyl halides is 1. The van der Waals surface area contributed by atoms with E-state index in [0.717, 1.165) is 0 Å². The van der Waals surface area contributed by atoms with Gasteiger partial charge in [-0.1, -0.05) is 0 Å². The van der Waals surface area contributed by atoms with Crippen LogP contribution in [0.4, 0.5) is 9.18 Å². The Hall–Kier alpha value is -0.840. The fraction of sp³-hybridized carbons (Fsp3) is 0.909. The lowest BCUT2D eigenvalue weighted by Gasteiger charge is -2.33. The molecule has 2 rings (SSSR count). The quantitative estimate of drug-likeness (QED) is 0.682. The zero-order valence-corrected chi connectivity index (χ0v) is 10.00. The van der Waals surface area contributed by atoms with Crippen LogP contribution in [0.1, 0.15) is 27.2 Å². The molecule has 1 aliphatic heterocycles. The maximum atomic E-state index is 13.7. The van der Waals surface area contributed by atoms with Gasteiger partial charge >= 0.3 is 6.09 Å². The van der Waals surface area contributed by atoms with Gasteiger partial charge in [-0.05, 0) is 33.1 Å². The monoisotopic (exact) mass is 230 g/mol. The number of hydrogen-bond acceptors (Lipinski definition) is 3. The molecule has 1 amide bonds. The summed E-state index contributed by atoms with van der Waals surface area (Å²) in [7, 11) is 0. The molecule has 3 atom stereocenters. The minimum Gasteiger partial charge on any atom is -0.444 e. The summed E-state index contributed by atoms with van der Waals surface area (Å²) in [5, 5.41) is 0. The van der Waals surface area contributed by atoms with Crippen LogP contribution in [0.15, 0.2) is 0 Å². The summed E-state index contributed by atoms with van der Waals surface area (Å²) in [6, 6.07) is 0. The summed E-state index contributed by atoms with van der Waals surface area (Å²) in [4.78, 5) is 13.2. The highest BCUT2D eigenvalue weighted by atomic mass is 19.1. The molecule has 92 valence electrons. The van der Waals surface area contributed by atoms with Gasteiger partial charge in [-0.3, -0.25) is 0 Å². The van der Waals surface area contributed by atoms with E-state index in [2.05, 4.69) is 0 Å². The van der Waals surface area contributed by atoms with Crippen molar-refractivity contribution in [2.45, 2.75) is 44.5 Å². The van der Waals surface area contributed by atoms with E-state index in [1.165, 1.54) is 4.90 Å². The Kier molecular flexibility index (Phi) is 2.42. The molecule has 0 aromatic rings. The van der Waals surface area contributed by atoms with Crippen LogP contribution in [0.25, 0.3) is 0 Å². The number of hydrogen-bond donors (Lipinski definition) is 1. The van der Waals surface area contributed by atoms with E-state index < -0.39 is 23.4 Å². The van der Waals surface area contributed by atoms with Crippen LogP contribution in [0.5, 0.6) is 0 Å². The number of halogens is 1. The number of amides is 1. The first-order valence-electron chi connectivity index (χ1n) is 5.63. The standard InChI is InChI=1S/C11H19FN2O2/c1-10(2,3)16-9(15)14-5-7-4-11(7,13)8(12)6-14/h7-8H,4-6,13H2,1-3H3. The molecule has 0 aromatic carbocycles. The van der Waals surface area contributed by atoms with Gasteiger partial charge in [0.05, 0.1) is 12.1 Å². The predicted octanol–water partition coefficient (Wildman–Crippen LogP) is 1.29. The Labute approximate surface area is 94.9 Å². The second kappa shape index (κ2) is 3.32. The summed E-state index contributed by atoms with van der Waals surface area (Å²) in [6.45, 7) is 5.97. The first-order valence-corrected chi connectivity index (χ1v) is 5.63. The van der Waals surface area contributed by atoms with Gasteiger partial charge < -0.3 is 15.4 Å². The average Bonchev–Trinajstić information content (AvgIpc) is 2.75. The highest BCUT2D eigenvalue weighted by Gasteiger charge is 2.61. The molecule has 0 bridgehead atoms. The third kappa shape index (κ3) is 2.00. The van der Waals surface area contributed by atoms with Gasteiger partial charge in [0.1, 0.15) is 11.8 Å². The number of nitrogens with zero attached hydrogens (tertiary/aromatic N) is 1. The second-order valence-electron chi connectivity index (χ2n) is 5.87. The summed E-state index contributed by atoms with van der Waals surface area (Å²) in [5.74, 6) is 0.101. The second-order valence-corrected chi connectivity index (χ2v) is 5.87. The Morgan fingerprint density at radius 1 is 1.50 bits per heavy atom. The van der Waals surface area contributed by atoms with Crippen molar-refractivity contribution in [1.29, 1.82) is 0 Å². The van der Waals surface area contributed by atoms with Gasteiger partial charge in [-0.15, -0.1) is 0 Å². The number of rotatable bonds is 0. The van der Waals surface area contributed by atoms with E-state index in [1.54, 1.807) is 20.8 Å². The number of ether oxygens (including phenoxy) is 1. The van der Waals surface area contributed by atoms with E-state index in [-0.39, 0.29) is 12.5 Å². The van der Waals surface area contributed by atoms with E-state index in [9.17, 15) is 9.18 Å². The smallest absolute Gasteiger partial charge is 0.410 e. The molecule has 5 heteroatoms. The molecular weight excluding hydrogens is 211 g/mol. The zero-order valence-electron chi connectivity index (χ0n) is 10.00. The van der Waals surface area contributed by atoms with E-state index in [1.807, 2.05) is 0 Å². The number of fused-ring (bicyclic) bond motifs is 1. The SMILES string of the molecule is CC(C)(C)OC(=O)N1CC(F)C2(N)CC2C1. The maximum absolute atomic E-state index is 13.7. The highest BCUT2D eigenvalue weighted by Crippen LogP contribution is 2.48. The van der Waals surface area contributed by atoms with Gasteiger partial charge in [0.2, 0.25) is 0 Å². The Morgan fingerprint density at radius 2 is 2.12 bits per heavy atom. The van der Waals surface area contributed by atoms with Crippen molar-refractivity contribution in [3.8, 4) is 0 Å². The molecule has 4 nitrogen and oxygen atoms in total. The molecule has 0 aromatic heterocycles. The molecule has 1 aliphatic carbocycles. The lowest BCUT2D eigenvalue weighted by atomic mass is 10.0. The van der Waals surface area contributed by atoms with Crippen molar-refractivity contribution in [3.63, 3.8) is 0 Å². The largest absolute Gasteiger partial charge is 0.444 e. The summed E-state index contributed by atoms with van der Waals surface area (Å²) < 4.78 is 18.9. The molecule has 1 heterocycles. The predicted molar refractivity (Wildman–Crippen MR) is 57.7 cm³/mol. The van der Waals surface area contributed by atoms with Gasteiger partial charge in [0.25, 0.3) is 0 Å². The number of likely N-dealkylation sites (tertiary alicyclic amines) is 1. The average molecular weight is 230 g/mol. The van der Waals surface area contributed by atoms with Crippen molar-refractivity contribution in [2.75, 3.05) is 13.1 Å². The van der Waals surface area contributed by atoms with Crippen molar-refractivity contribution >= 4 is 6.09 Å². The lowest BCUT2D eigenvalue weighted by Crippen LogP contribution is -2.53. The van der Waals surface area contributed by atoms with Crippen LogP contribution in [-0.4, -0.2) is 41.4 Å². The molecule has 1 saturated heterocycles. The Bertz CT molecular complexity index is 316. The normalized spacial score (nSPS) is 37.9. The number of carbonyl (C=O) groups excluding carboxylic acids is 1.